The van der Waals surface area contributed by atoms with Gasteiger partial charge in [0.05, 0.1) is 26.4 Å². The summed E-state index contributed by atoms with van der Waals surface area (Å²) < 4.78 is 53.0. The highest BCUT2D eigenvalue weighted by Gasteiger charge is 2.28. The summed E-state index contributed by atoms with van der Waals surface area (Å²) in [5.74, 6) is -1.05. The summed E-state index contributed by atoms with van der Waals surface area (Å²) >= 11 is 0. The number of hydrogen-bond donors (Lipinski definition) is 5. The van der Waals surface area contributed by atoms with Gasteiger partial charge in [0.2, 0.25) is 0 Å². The van der Waals surface area contributed by atoms with Gasteiger partial charge >= 0.3 is 27.6 Å². The average Bonchev–Trinajstić information content (AvgIpc) is 3.29. The fourth-order valence-corrected chi connectivity index (χ4v) is 7.36. The maximum Gasteiger partial charge on any atom is 0.472 e. The summed E-state index contributed by atoms with van der Waals surface area (Å²) in [6, 6.07) is 0. The minimum atomic E-state index is -4.80. The van der Waals surface area contributed by atoms with E-state index in [0.717, 1.165) is 57.8 Å². The molecule has 66 heavy (non-hydrogen) atoms. The molecular weight excluding hydrogens is 890 g/mol. The van der Waals surface area contributed by atoms with Crippen molar-refractivity contribution < 1.29 is 71.4 Å². The first-order valence-electron chi connectivity index (χ1n) is 24.0. The van der Waals surface area contributed by atoms with E-state index in [1.807, 2.05) is 66.8 Å². The molecule has 0 aliphatic carbocycles. The van der Waals surface area contributed by atoms with Crippen molar-refractivity contribution in [1.82, 2.24) is 0 Å². The fraction of sp³-hybridized carbons (Fsp3) is 0.673. The Kier molecular flexibility index (Phi) is 42.8. The number of hydrogen-bond acceptors (Lipinski definition) is 13. The second kappa shape index (κ2) is 44.7. The number of ether oxygens (including phenoxy) is 2. The van der Waals surface area contributed by atoms with Gasteiger partial charge in [0.1, 0.15) is 31.5 Å². The Labute approximate surface area is 396 Å². The molecule has 0 bridgehead atoms. The minimum Gasteiger partial charge on any atom is -0.463 e. The van der Waals surface area contributed by atoms with Crippen molar-refractivity contribution in [2.24, 2.45) is 0 Å². The molecule has 0 heterocycles. The molecule has 5 unspecified atom stereocenters. The van der Waals surface area contributed by atoms with Gasteiger partial charge in [-0.25, -0.2) is 9.13 Å². The van der Waals surface area contributed by atoms with E-state index >= 15 is 0 Å². The Bertz CT molecular complexity index is 1510. The first-order valence-corrected chi connectivity index (χ1v) is 27.0. The molecule has 5 atom stereocenters. The molecule has 380 valence electrons. The van der Waals surface area contributed by atoms with Crippen LogP contribution in [-0.4, -0.2) is 95.0 Å². The molecule has 0 saturated carbocycles. The summed E-state index contributed by atoms with van der Waals surface area (Å²) in [6.45, 7) is 0.194. The summed E-state index contributed by atoms with van der Waals surface area (Å²) in [6.07, 6.45) is 45.7. The first kappa shape index (κ1) is 63.2. The number of allylic oxidation sites excluding steroid dienone is 14. The molecule has 0 spiro atoms. The van der Waals surface area contributed by atoms with Crippen LogP contribution in [0.15, 0.2) is 85.1 Å². The monoisotopic (exact) mass is 975 g/mol. The van der Waals surface area contributed by atoms with Crippen molar-refractivity contribution in [2.75, 3.05) is 39.6 Å². The zero-order valence-corrected chi connectivity index (χ0v) is 41.6. The van der Waals surface area contributed by atoms with Gasteiger partial charge in [0.15, 0.2) is 0 Å². The number of aliphatic hydroxyl groups excluding tert-OH is 3. The molecule has 0 aliphatic rings. The number of carbonyl (C=O) groups is 2. The lowest BCUT2D eigenvalue weighted by molar-refractivity contribution is -0.148. The Balaban J connectivity index is 3.96. The van der Waals surface area contributed by atoms with E-state index in [2.05, 4.69) is 50.2 Å². The van der Waals surface area contributed by atoms with Crippen LogP contribution in [0.4, 0.5) is 0 Å². The number of phosphoric acid groups is 2. The van der Waals surface area contributed by atoms with Gasteiger partial charge in [-0.2, -0.15) is 0 Å². The smallest absolute Gasteiger partial charge is 0.463 e. The largest absolute Gasteiger partial charge is 0.472 e. The van der Waals surface area contributed by atoms with Gasteiger partial charge in [-0.1, -0.05) is 170 Å². The molecule has 17 heteroatoms. The van der Waals surface area contributed by atoms with E-state index in [1.54, 1.807) is 0 Å². The zero-order valence-electron chi connectivity index (χ0n) is 39.8. The van der Waals surface area contributed by atoms with Crippen LogP contribution in [0.25, 0.3) is 0 Å². The Morgan fingerprint density at radius 3 is 1.11 bits per heavy atom. The summed E-state index contributed by atoms with van der Waals surface area (Å²) in [4.78, 5) is 43.7. The number of rotatable bonds is 45. The van der Waals surface area contributed by atoms with Crippen LogP contribution in [0.2, 0.25) is 0 Å². The Hall–Kier alpha value is -2.78. The summed E-state index contributed by atoms with van der Waals surface area (Å²) in [7, 11) is -9.60. The zero-order chi connectivity index (χ0) is 48.8. The van der Waals surface area contributed by atoms with Crippen LogP contribution in [0.5, 0.6) is 0 Å². The fourth-order valence-electron chi connectivity index (χ4n) is 5.77. The van der Waals surface area contributed by atoms with Crippen LogP contribution in [0.3, 0.4) is 0 Å². The lowest BCUT2D eigenvalue weighted by Crippen LogP contribution is -2.25. The van der Waals surface area contributed by atoms with Crippen molar-refractivity contribution in [1.29, 1.82) is 0 Å². The van der Waals surface area contributed by atoms with Gasteiger partial charge in [-0.3, -0.25) is 27.7 Å². The molecule has 0 radical (unpaired) electrons. The van der Waals surface area contributed by atoms with Gasteiger partial charge in [0.25, 0.3) is 0 Å². The topological polar surface area (TPSA) is 225 Å². The van der Waals surface area contributed by atoms with E-state index in [4.69, 9.17) is 9.47 Å². The highest BCUT2D eigenvalue weighted by atomic mass is 31.2. The van der Waals surface area contributed by atoms with Crippen LogP contribution in [-0.2, 0) is 46.3 Å². The van der Waals surface area contributed by atoms with Gasteiger partial charge in [0, 0.05) is 12.8 Å². The normalized spacial score (nSPS) is 15.8. The van der Waals surface area contributed by atoms with E-state index < -0.39 is 85.5 Å². The highest BCUT2D eigenvalue weighted by Crippen LogP contribution is 2.45. The first-order chi connectivity index (χ1) is 31.8. The van der Waals surface area contributed by atoms with Gasteiger partial charge in [-0.05, 0) is 57.8 Å². The van der Waals surface area contributed by atoms with Crippen LogP contribution in [0.1, 0.15) is 155 Å². The maximum atomic E-state index is 12.2. The van der Waals surface area contributed by atoms with Crippen LogP contribution >= 0.6 is 15.6 Å². The number of aliphatic hydroxyl groups is 3. The summed E-state index contributed by atoms with van der Waals surface area (Å²) in [5.41, 5.74) is 0. The van der Waals surface area contributed by atoms with Crippen LogP contribution < -0.4 is 0 Å². The molecule has 0 saturated heterocycles. The molecule has 15 nitrogen and oxygen atoms in total. The van der Waals surface area contributed by atoms with Gasteiger partial charge < -0.3 is 34.6 Å². The quantitative estimate of drug-likeness (QED) is 0.0126. The van der Waals surface area contributed by atoms with Crippen molar-refractivity contribution in [3.8, 4) is 0 Å². The minimum absolute atomic E-state index is 0.140. The summed E-state index contributed by atoms with van der Waals surface area (Å²) in [5, 5.41) is 30.0. The number of esters is 2. The second-order valence-electron chi connectivity index (χ2n) is 15.9. The number of phosphoric ester groups is 2. The third-order valence-corrected chi connectivity index (χ3v) is 11.4. The SMILES string of the molecule is CC\C=C/C=C/C=C/C=C\C=C\C=C\CCCCCC(=O)OCC(O)COP(=O)(O)OCC(O)COP(=O)(O)OCC(O)COC(=O)CCCCCCCCC/C=C/CCCCCCCC. The Morgan fingerprint density at radius 2 is 0.712 bits per heavy atom. The third-order valence-electron chi connectivity index (χ3n) is 9.50. The third kappa shape index (κ3) is 46.3. The molecule has 0 fully saturated rings. The second-order valence-corrected chi connectivity index (χ2v) is 18.8. The van der Waals surface area contributed by atoms with E-state index in [-0.39, 0.29) is 12.8 Å². The average molecular weight is 975 g/mol. The molecular formula is C49H84O15P2. The highest BCUT2D eigenvalue weighted by molar-refractivity contribution is 7.47. The molecule has 0 aliphatic heterocycles. The predicted molar refractivity (Wildman–Crippen MR) is 260 cm³/mol. The molecule has 0 amide bonds. The lowest BCUT2D eigenvalue weighted by atomic mass is 10.1. The maximum absolute atomic E-state index is 12.2. The van der Waals surface area contributed by atoms with E-state index in [1.165, 1.54) is 57.8 Å². The Morgan fingerprint density at radius 1 is 0.409 bits per heavy atom. The molecule has 0 aromatic carbocycles. The molecule has 0 aromatic rings. The standard InChI is InChI=1S/C49H84O15P2/c1-3-5-7-9-11-13-15-17-19-21-23-25-27-29-31-33-35-37-48(53)59-39-45(50)41-61-65(55,56)63-43-47(52)44-64-66(57,58)62-42-46(51)40-60-49(54)38-36-34-32-30-28-26-24-22-20-18-16-14-12-10-8-6-4-2/h5,7,9,11,13,15,17-21,23,25,27,45-47,50-52H,3-4,6,8,10,12,14,16,22,24,26,28-44H2,1-2H3,(H,55,56)(H,57,58)/b7-5-,11-9+,15-13+,19-17-,20-18+,23-21+,27-25+. The number of unbranched alkanes of at least 4 members (excludes halogenated alkanes) is 16. The van der Waals surface area contributed by atoms with E-state index in [9.17, 15) is 43.8 Å². The van der Waals surface area contributed by atoms with Crippen LogP contribution in [0, 0.1) is 0 Å². The van der Waals surface area contributed by atoms with Crippen molar-refractivity contribution in [3.05, 3.63) is 85.1 Å². The number of carbonyl (C=O) groups excluding carboxylic acids is 2. The van der Waals surface area contributed by atoms with Crippen molar-refractivity contribution in [2.45, 2.75) is 173 Å². The molecule has 0 rings (SSSR count). The molecule has 0 aromatic heterocycles. The van der Waals surface area contributed by atoms with E-state index in [0.29, 0.717) is 12.8 Å². The predicted octanol–water partition coefficient (Wildman–Crippen LogP) is 10.9. The lowest BCUT2D eigenvalue weighted by Gasteiger charge is -2.19. The van der Waals surface area contributed by atoms with Crippen molar-refractivity contribution >= 4 is 27.6 Å². The van der Waals surface area contributed by atoms with Crippen molar-refractivity contribution in [3.63, 3.8) is 0 Å². The molecule has 5 N–H and O–H groups in total. The van der Waals surface area contributed by atoms with Gasteiger partial charge in [-0.15, -0.1) is 0 Å².